The van der Waals surface area contributed by atoms with Gasteiger partial charge in [-0.15, -0.1) is 0 Å². The van der Waals surface area contributed by atoms with Gasteiger partial charge in [0, 0.05) is 11.3 Å². The lowest BCUT2D eigenvalue weighted by atomic mass is 10.1. The van der Waals surface area contributed by atoms with Gasteiger partial charge in [-0.05, 0) is 48.5 Å². The van der Waals surface area contributed by atoms with Crippen molar-refractivity contribution in [3.63, 3.8) is 0 Å². The number of sulfonamides is 1. The van der Waals surface area contributed by atoms with Crippen molar-refractivity contribution in [3.05, 3.63) is 87.9 Å². The van der Waals surface area contributed by atoms with Crippen LogP contribution < -0.4 is 15.8 Å². The highest BCUT2D eigenvalue weighted by Gasteiger charge is 2.17. The SMILES string of the molecule is NC(=O)c1ccccc1NC(=O)c1cccc(NS(=O)(=O)c2ccc(Cl)c(Cl)c2)c1. The Morgan fingerprint density at radius 2 is 1.60 bits per heavy atom. The Hall–Kier alpha value is -3.07. The maximum absolute atomic E-state index is 12.6. The maximum atomic E-state index is 12.6. The van der Waals surface area contributed by atoms with Crippen LogP contribution in [-0.2, 0) is 10.0 Å². The van der Waals surface area contributed by atoms with Crippen molar-refractivity contribution in [2.75, 3.05) is 10.0 Å². The first-order chi connectivity index (χ1) is 14.2. The molecular formula is C20H15Cl2N3O4S. The largest absolute Gasteiger partial charge is 0.366 e. The van der Waals surface area contributed by atoms with E-state index in [1.807, 2.05) is 0 Å². The van der Waals surface area contributed by atoms with Crippen molar-refractivity contribution in [2.45, 2.75) is 4.90 Å². The second kappa shape index (κ2) is 8.74. The molecule has 0 aromatic heterocycles. The molecule has 30 heavy (non-hydrogen) atoms. The van der Waals surface area contributed by atoms with Crippen LogP contribution in [0.3, 0.4) is 0 Å². The zero-order valence-electron chi connectivity index (χ0n) is 15.2. The molecule has 0 saturated heterocycles. The number of primary amides is 1. The van der Waals surface area contributed by atoms with Gasteiger partial charge in [0.15, 0.2) is 0 Å². The summed E-state index contributed by atoms with van der Waals surface area (Å²) in [6.07, 6.45) is 0. The number of hydrogen-bond donors (Lipinski definition) is 3. The summed E-state index contributed by atoms with van der Waals surface area (Å²) in [4.78, 5) is 24.0. The Morgan fingerprint density at radius 1 is 0.867 bits per heavy atom. The van der Waals surface area contributed by atoms with Crippen LogP contribution in [-0.4, -0.2) is 20.2 Å². The van der Waals surface area contributed by atoms with E-state index in [1.54, 1.807) is 12.1 Å². The van der Waals surface area contributed by atoms with Gasteiger partial charge in [-0.2, -0.15) is 0 Å². The number of benzene rings is 3. The molecule has 0 fully saturated rings. The lowest BCUT2D eigenvalue weighted by Crippen LogP contribution is -2.18. The van der Waals surface area contributed by atoms with E-state index in [9.17, 15) is 18.0 Å². The minimum absolute atomic E-state index is 0.0814. The Balaban J connectivity index is 1.83. The van der Waals surface area contributed by atoms with E-state index < -0.39 is 21.8 Å². The average Bonchev–Trinajstić information content (AvgIpc) is 2.70. The summed E-state index contributed by atoms with van der Waals surface area (Å²) in [6.45, 7) is 0. The zero-order valence-corrected chi connectivity index (χ0v) is 17.6. The van der Waals surface area contributed by atoms with E-state index in [1.165, 1.54) is 54.6 Å². The normalized spacial score (nSPS) is 11.0. The highest BCUT2D eigenvalue weighted by atomic mass is 35.5. The van der Waals surface area contributed by atoms with Crippen LogP contribution in [0, 0.1) is 0 Å². The molecule has 0 spiro atoms. The fourth-order valence-corrected chi connectivity index (χ4v) is 4.02. The van der Waals surface area contributed by atoms with Crippen molar-refractivity contribution in [1.29, 1.82) is 0 Å². The number of amides is 2. The highest BCUT2D eigenvalue weighted by Crippen LogP contribution is 2.26. The third-order valence-electron chi connectivity index (χ3n) is 4.02. The molecule has 7 nitrogen and oxygen atoms in total. The van der Waals surface area contributed by atoms with Crippen molar-refractivity contribution in [3.8, 4) is 0 Å². The van der Waals surface area contributed by atoms with Gasteiger partial charge in [0.1, 0.15) is 0 Å². The van der Waals surface area contributed by atoms with Gasteiger partial charge in [-0.1, -0.05) is 41.4 Å². The fourth-order valence-electron chi connectivity index (χ4n) is 2.58. The van der Waals surface area contributed by atoms with Gasteiger partial charge in [0.2, 0.25) is 0 Å². The predicted octanol–water partition coefficient (Wildman–Crippen LogP) is 4.15. The molecule has 0 bridgehead atoms. The quantitative estimate of drug-likeness (QED) is 0.508. The maximum Gasteiger partial charge on any atom is 0.261 e. The standard InChI is InChI=1S/C20H15Cl2N3O4S/c21-16-9-8-14(11-17(16)22)30(28,29)25-13-5-3-4-12(10-13)20(27)24-18-7-2-1-6-15(18)19(23)26/h1-11,25H,(H2,23,26)(H,24,27). The molecule has 0 aliphatic carbocycles. The van der Waals surface area contributed by atoms with Crippen LogP contribution in [0.5, 0.6) is 0 Å². The van der Waals surface area contributed by atoms with Crippen molar-refractivity contribution < 1.29 is 18.0 Å². The third-order valence-corrected chi connectivity index (χ3v) is 6.14. The van der Waals surface area contributed by atoms with Crippen LogP contribution in [0.25, 0.3) is 0 Å². The third kappa shape index (κ3) is 4.91. The topological polar surface area (TPSA) is 118 Å². The van der Waals surface area contributed by atoms with Crippen molar-refractivity contribution >= 4 is 56.4 Å². The molecule has 0 heterocycles. The van der Waals surface area contributed by atoms with Crippen LogP contribution in [0.15, 0.2) is 71.6 Å². The van der Waals surface area contributed by atoms with E-state index in [4.69, 9.17) is 28.9 Å². The fraction of sp³-hybridized carbons (Fsp3) is 0. The molecule has 0 aliphatic rings. The summed E-state index contributed by atoms with van der Waals surface area (Å²) in [5.41, 5.74) is 6.05. The molecule has 4 N–H and O–H groups in total. The molecular weight excluding hydrogens is 449 g/mol. The highest BCUT2D eigenvalue weighted by molar-refractivity contribution is 7.92. The molecule has 2 amide bonds. The number of carbonyl (C=O) groups is 2. The number of carbonyl (C=O) groups excluding carboxylic acids is 2. The van der Waals surface area contributed by atoms with Gasteiger partial charge in [0.05, 0.1) is 26.2 Å². The first kappa shape index (κ1) is 21.6. The number of hydrogen-bond acceptors (Lipinski definition) is 4. The lowest BCUT2D eigenvalue weighted by molar-refractivity contribution is 0.100. The number of anilines is 2. The van der Waals surface area contributed by atoms with Crippen LogP contribution in [0.1, 0.15) is 20.7 Å². The molecule has 0 aliphatic heterocycles. The van der Waals surface area contributed by atoms with Crippen LogP contribution in [0.4, 0.5) is 11.4 Å². The second-order valence-corrected chi connectivity index (χ2v) is 8.62. The monoisotopic (exact) mass is 463 g/mol. The smallest absolute Gasteiger partial charge is 0.261 e. The number of para-hydroxylation sites is 1. The summed E-state index contributed by atoms with van der Waals surface area (Å²) in [6, 6.07) is 16.1. The average molecular weight is 464 g/mol. The zero-order chi connectivity index (χ0) is 21.9. The Labute approximate surface area is 182 Å². The van der Waals surface area contributed by atoms with E-state index in [-0.39, 0.29) is 37.4 Å². The Kier molecular flexibility index (Phi) is 6.31. The van der Waals surface area contributed by atoms with Gasteiger partial charge in [-0.25, -0.2) is 8.42 Å². The molecule has 0 atom stereocenters. The Morgan fingerprint density at radius 3 is 2.30 bits per heavy atom. The van der Waals surface area contributed by atoms with Gasteiger partial charge < -0.3 is 11.1 Å². The molecule has 0 unspecified atom stereocenters. The molecule has 0 radical (unpaired) electrons. The molecule has 0 saturated carbocycles. The number of nitrogens with two attached hydrogens (primary N) is 1. The van der Waals surface area contributed by atoms with Gasteiger partial charge in [-0.3, -0.25) is 14.3 Å². The minimum atomic E-state index is -3.96. The van der Waals surface area contributed by atoms with Crippen molar-refractivity contribution in [2.24, 2.45) is 5.73 Å². The summed E-state index contributed by atoms with van der Waals surface area (Å²) >= 11 is 11.7. The van der Waals surface area contributed by atoms with Crippen LogP contribution >= 0.6 is 23.2 Å². The van der Waals surface area contributed by atoms with E-state index in [2.05, 4.69) is 10.0 Å². The Bertz CT molecular complexity index is 1250. The lowest BCUT2D eigenvalue weighted by Gasteiger charge is -2.11. The van der Waals surface area contributed by atoms with Crippen molar-refractivity contribution in [1.82, 2.24) is 0 Å². The first-order valence-corrected chi connectivity index (χ1v) is 10.7. The summed E-state index contributed by atoms with van der Waals surface area (Å²) < 4.78 is 27.6. The van der Waals surface area contributed by atoms with E-state index >= 15 is 0 Å². The summed E-state index contributed by atoms with van der Waals surface area (Å²) in [7, 11) is -3.96. The van der Waals surface area contributed by atoms with Crippen LogP contribution in [0.2, 0.25) is 10.0 Å². The molecule has 3 aromatic rings. The minimum Gasteiger partial charge on any atom is -0.366 e. The molecule has 10 heteroatoms. The second-order valence-electron chi connectivity index (χ2n) is 6.13. The summed E-state index contributed by atoms with van der Waals surface area (Å²) in [5.74, 6) is -1.23. The van der Waals surface area contributed by atoms with Gasteiger partial charge in [0.25, 0.3) is 21.8 Å². The summed E-state index contributed by atoms with van der Waals surface area (Å²) in [5, 5.41) is 2.92. The first-order valence-electron chi connectivity index (χ1n) is 8.45. The number of nitrogens with one attached hydrogen (secondary N) is 2. The molecule has 3 rings (SSSR count). The van der Waals surface area contributed by atoms with Gasteiger partial charge >= 0.3 is 0 Å². The van der Waals surface area contributed by atoms with E-state index in [0.717, 1.165) is 0 Å². The molecule has 154 valence electrons. The predicted molar refractivity (Wildman–Crippen MR) is 117 cm³/mol. The molecule has 3 aromatic carbocycles. The number of halogens is 2. The number of rotatable bonds is 6. The van der Waals surface area contributed by atoms with E-state index in [0.29, 0.717) is 0 Å².